The van der Waals surface area contributed by atoms with Gasteiger partial charge in [-0.2, -0.15) is 5.10 Å². The highest BCUT2D eigenvalue weighted by Gasteiger charge is 2.11. The smallest absolute Gasteiger partial charge is 0.339 e. The second-order valence-corrected chi connectivity index (χ2v) is 4.79. The molecule has 0 unspecified atom stereocenters. The molecule has 1 heterocycles. The van der Waals surface area contributed by atoms with Gasteiger partial charge in [-0.05, 0) is 30.3 Å². The Kier molecular flexibility index (Phi) is 3.73. The largest absolute Gasteiger partial charge is 0.478 e. The summed E-state index contributed by atoms with van der Waals surface area (Å²) in [5, 5.41) is 18.4. The first-order valence-electron chi connectivity index (χ1n) is 4.92. The molecule has 0 fully saturated rings. The van der Waals surface area contributed by atoms with E-state index in [1.54, 1.807) is 12.1 Å². The molecule has 18 heavy (non-hydrogen) atoms. The number of aromatic amines is 1. The fraction of sp³-hybridized carbons (Fsp3) is 0. The molecule has 1 aromatic carbocycles. The van der Waals surface area contributed by atoms with Gasteiger partial charge in [0.05, 0.1) is 0 Å². The van der Waals surface area contributed by atoms with Crippen LogP contribution in [-0.4, -0.2) is 21.3 Å². The van der Waals surface area contributed by atoms with E-state index in [2.05, 4.69) is 31.4 Å². The molecule has 92 valence electrons. The zero-order valence-corrected chi connectivity index (χ0v) is 11.4. The van der Waals surface area contributed by atoms with Crippen molar-refractivity contribution in [3.8, 4) is 0 Å². The number of halogens is 1. The Balaban J connectivity index is 2.37. The first-order chi connectivity index (χ1) is 8.56. The Morgan fingerprint density at radius 2 is 2.06 bits per heavy atom. The summed E-state index contributed by atoms with van der Waals surface area (Å²) in [7, 11) is 0. The minimum absolute atomic E-state index is 0.0293. The maximum atomic E-state index is 11.1. The second kappa shape index (κ2) is 5.28. The maximum absolute atomic E-state index is 11.1. The van der Waals surface area contributed by atoms with Gasteiger partial charge in [0.2, 0.25) is 0 Å². The Morgan fingerprint density at radius 1 is 1.39 bits per heavy atom. The molecule has 0 amide bonds. The summed E-state index contributed by atoms with van der Waals surface area (Å²) in [6.45, 7) is 0. The highest BCUT2D eigenvalue weighted by Crippen LogP contribution is 2.20. The molecule has 2 rings (SSSR count). The molecule has 0 bridgehead atoms. The van der Waals surface area contributed by atoms with E-state index >= 15 is 0 Å². The number of carboxylic acids is 1. The van der Waals surface area contributed by atoms with Gasteiger partial charge in [-0.1, -0.05) is 28.1 Å². The average Bonchev–Trinajstić information content (AvgIpc) is 2.34. The molecule has 0 saturated carbocycles. The Labute approximate surface area is 116 Å². The summed E-state index contributed by atoms with van der Waals surface area (Å²) in [5.74, 6) is -0.861. The number of hydrogen-bond acceptors (Lipinski definition) is 4. The van der Waals surface area contributed by atoms with Crippen molar-refractivity contribution >= 4 is 45.6 Å². The number of nitrogens with zero attached hydrogens (tertiary/aromatic N) is 1. The van der Waals surface area contributed by atoms with Crippen LogP contribution in [0, 0.1) is 4.64 Å². The molecule has 0 aliphatic heterocycles. The predicted molar refractivity (Wildman–Crippen MR) is 73.8 cm³/mol. The Hall–Kier alpha value is -1.73. The molecule has 3 N–H and O–H groups in total. The molecule has 2 aromatic rings. The third-order valence-corrected chi connectivity index (χ3v) is 2.88. The van der Waals surface area contributed by atoms with Gasteiger partial charge in [0.1, 0.15) is 10.2 Å². The summed E-state index contributed by atoms with van der Waals surface area (Å²) >= 11 is 8.17. The second-order valence-electron chi connectivity index (χ2n) is 3.43. The fourth-order valence-electron chi connectivity index (χ4n) is 1.33. The molecule has 0 radical (unpaired) electrons. The molecule has 0 spiro atoms. The fourth-order valence-corrected chi connectivity index (χ4v) is 1.76. The van der Waals surface area contributed by atoms with Crippen molar-refractivity contribution in [1.82, 2.24) is 10.2 Å². The van der Waals surface area contributed by atoms with Crippen LogP contribution in [0.5, 0.6) is 0 Å². The van der Waals surface area contributed by atoms with Crippen LogP contribution in [0.4, 0.5) is 11.5 Å². The SMILES string of the molecule is O=C(O)c1cc(=S)[nH]nc1Nc1ccc(Br)cc1. The predicted octanol–water partition coefficient (Wildman–Crippen LogP) is 3.34. The van der Waals surface area contributed by atoms with Crippen LogP contribution >= 0.6 is 28.1 Å². The number of anilines is 2. The van der Waals surface area contributed by atoms with Crippen LogP contribution < -0.4 is 5.32 Å². The molecule has 7 heteroatoms. The van der Waals surface area contributed by atoms with Gasteiger partial charge < -0.3 is 10.4 Å². The monoisotopic (exact) mass is 325 g/mol. The molecule has 0 saturated heterocycles. The van der Waals surface area contributed by atoms with Crippen molar-refractivity contribution < 1.29 is 9.90 Å². The summed E-state index contributed by atoms with van der Waals surface area (Å²) in [6, 6.07) is 8.64. The summed E-state index contributed by atoms with van der Waals surface area (Å²) in [5.41, 5.74) is 0.764. The van der Waals surface area contributed by atoms with Crippen LogP contribution in [-0.2, 0) is 0 Å². The van der Waals surface area contributed by atoms with E-state index in [4.69, 9.17) is 17.3 Å². The number of aromatic nitrogens is 2. The lowest BCUT2D eigenvalue weighted by molar-refractivity contribution is 0.0697. The number of nitrogens with one attached hydrogen (secondary N) is 2. The number of carboxylic acid groups (broad SMARTS) is 1. The molecule has 0 aliphatic carbocycles. The van der Waals surface area contributed by atoms with E-state index < -0.39 is 5.97 Å². The van der Waals surface area contributed by atoms with Crippen LogP contribution in [0.3, 0.4) is 0 Å². The minimum atomic E-state index is -1.08. The van der Waals surface area contributed by atoms with Gasteiger partial charge in [0.25, 0.3) is 0 Å². The van der Waals surface area contributed by atoms with E-state index in [0.717, 1.165) is 10.2 Å². The summed E-state index contributed by atoms with van der Waals surface area (Å²) in [6.07, 6.45) is 0. The normalized spacial score (nSPS) is 10.1. The van der Waals surface area contributed by atoms with Crippen molar-refractivity contribution in [1.29, 1.82) is 0 Å². The number of H-pyrrole nitrogens is 1. The minimum Gasteiger partial charge on any atom is -0.478 e. The molecule has 1 aromatic heterocycles. The van der Waals surface area contributed by atoms with Crippen LogP contribution in [0.25, 0.3) is 0 Å². The van der Waals surface area contributed by atoms with Crippen molar-refractivity contribution in [2.45, 2.75) is 0 Å². The van der Waals surface area contributed by atoms with Crippen molar-refractivity contribution in [2.75, 3.05) is 5.32 Å². The highest BCUT2D eigenvalue weighted by molar-refractivity contribution is 9.10. The lowest BCUT2D eigenvalue weighted by Gasteiger charge is -2.07. The third kappa shape index (κ3) is 2.93. The van der Waals surface area contributed by atoms with Crippen molar-refractivity contribution in [3.05, 3.63) is 45.0 Å². The van der Waals surface area contributed by atoms with Gasteiger partial charge in [-0.3, -0.25) is 5.10 Å². The first-order valence-corrected chi connectivity index (χ1v) is 6.12. The number of hydrogen-bond donors (Lipinski definition) is 3. The number of aromatic carboxylic acids is 1. The van der Waals surface area contributed by atoms with E-state index in [-0.39, 0.29) is 16.0 Å². The average molecular weight is 326 g/mol. The van der Waals surface area contributed by atoms with E-state index in [1.807, 2.05) is 12.1 Å². The maximum Gasteiger partial charge on any atom is 0.339 e. The van der Waals surface area contributed by atoms with E-state index in [1.165, 1.54) is 6.07 Å². The number of carbonyl (C=O) groups is 1. The lowest BCUT2D eigenvalue weighted by Crippen LogP contribution is -2.06. The van der Waals surface area contributed by atoms with Gasteiger partial charge in [0.15, 0.2) is 5.82 Å². The molecular formula is C11H8BrN3O2S. The van der Waals surface area contributed by atoms with Gasteiger partial charge >= 0.3 is 5.97 Å². The van der Waals surface area contributed by atoms with Crippen molar-refractivity contribution in [2.24, 2.45) is 0 Å². The van der Waals surface area contributed by atoms with Gasteiger partial charge in [0, 0.05) is 10.2 Å². The summed E-state index contributed by atoms with van der Waals surface area (Å²) in [4.78, 5) is 11.1. The Morgan fingerprint density at radius 3 is 2.67 bits per heavy atom. The molecule has 0 atom stereocenters. The lowest BCUT2D eigenvalue weighted by atomic mass is 10.2. The van der Waals surface area contributed by atoms with Crippen LogP contribution in [0.2, 0.25) is 0 Å². The standard InChI is InChI=1S/C11H8BrN3O2S/c12-6-1-3-7(4-2-6)13-10-8(11(16)17)5-9(18)14-15-10/h1-5H,(H,13,15)(H,14,18)(H,16,17). The van der Waals surface area contributed by atoms with E-state index in [0.29, 0.717) is 0 Å². The van der Waals surface area contributed by atoms with Gasteiger partial charge in [-0.25, -0.2) is 4.79 Å². The quantitative estimate of drug-likeness (QED) is 0.754. The number of rotatable bonds is 3. The highest BCUT2D eigenvalue weighted by atomic mass is 79.9. The Bertz CT molecular complexity index is 639. The molecule has 5 nitrogen and oxygen atoms in total. The third-order valence-electron chi connectivity index (χ3n) is 2.15. The van der Waals surface area contributed by atoms with Crippen LogP contribution in [0.15, 0.2) is 34.8 Å². The zero-order chi connectivity index (χ0) is 13.1. The summed E-state index contributed by atoms with van der Waals surface area (Å²) < 4.78 is 1.21. The van der Waals surface area contributed by atoms with E-state index in [9.17, 15) is 4.79 Å². The zero-order valence-electron chi connectivity index (χ0n) is 8.98. The first kappa shape index (κ1) is 12.7. The topological polar surface area (TPSA) is 78.0 Å². The number of benzene rings is 1. The van der Waals surface area contributed by atoms with Crippen molar-refractivity contribution in [3.63, 3.8) is 0 Å². The van der Waals surface area contributed by atoms with Crippen LogP contribution in [0.1, 0.15) is 10.4 Å². The van der Waals surface area contributed by atoms with Gasteiger partial charge in [-0.15, -0.1) is 0 Å². The molecular weight excluding hydrogens is 318 g/mol. The molecule has 0 aliphatic rings.